The van der Waals surface area contributed by atoms with E-state index in [1.165, 1.54) is 0 Å². The van der Waals surface area contributed by atoms with Gasteiger partial charge >= 0.3 is 0 Å². The zero-order valence-electron chi connectivity index (χ0n) is 13.0. The Hall–Kier alpha value is -2.14. The van der Waals surface area contributed by atoms with E-state index in [0.717, 1.165) is 38.3 Å². The fourth-order valence-electron chi connectivity index (χ4n) is 2.35. The number of hydrogen-bond acceptors (Lipinski definition) is 4. The lowest BCUT2D eigenvalue weighted by molar-refractivity contribution is 0.288. The number of hydrogen-bond donors (Lipinski definition) is 0. The third kappa shape index (κ3) is 3.29. The molecule has 0 radical (unpaired) electrons. The van der Waals surface area contributed by atoms with Crippen LogP contribution in [0.2, 0.25) is 0 Å². The Morgan fingerprint density at radius 3 is 2.57 bits per heavy atom. The first kappa shape index (κ1) is 15.7. The molecule has 0 aliphatic rings. The second-order valence-corrected chi connectivity index (χ2v) is 5.74. The van der Waals surface area contributed by atoms with Crippen LogP contribution in [-0.2, 0) is 0 Å². The van der Waals surface area contributed by atoms with Crippen molar-refractivity contribution in [2.75, 3.05) is 13.2 Å². The monoisotopic (exact) mass is 372 g/mol. The van der Waals surface area contributed by atoms with Crippen LogP contribution in [0.3, 0.4) is 0 Å². The van der Waals surface area contributed by atoms with Gasteiger partial charge in [0.2, 0.25) is 0 Å². The number of rotatable bonds is 5. The number of ether oxygens (including phenoxy) is 2. The van der Waals surface area contributed by atoms with Gasteiger partial charge in [0.1, 0.15) is 5.52 Å². The van der Waals surface area contributed by atoms with Crippen molar-refractivity contribution in [1.29, 1.82) is 0 Å². The minimum absolute atomic E-state index is 0.582. The maximum absolute atomic E-state index is 5.68. The van der Waals surface area contributed by atoms with E-state index in [-0.39, 0.29) is 0 Å². The fraction of sp³-hybridized carbons (Fsp3) is 0.222. The summed E-state index contributed by atoms with van der Waals surface area (Å²) < 4.78 is 12.2. The molecule has 3 aromatic rings. The lowest BCUT2D eigenvalue weighted by atomic mass is 10.1. The molecule has 23 heavy (non-hydrogen) atoms. The molecule has 1 heterocycles. The molecule has 0 unspecified atom stereocenters. The summed E-state index contributed by atoms with van der Waals surface area (Å²) in [5.74, 6) is 1.47. The summed E-state index contributed by atoms with van der Waals surface area (Å²) in [6.45, 7) is 5.09. The smallest absolute Gasteiger partial charge is 0.161 e. The van der Waals surface area contributed by atoms with Gasteiger partial charge in [0, 0.05) is 10.0 Å². The van der Waals surface area contributed by atoms with E-state index in [1.54, 1.807) is 6.20 Å². The van der Waals surface area contributed by atoms with Crippen LogP contribution < -0.4 is 9.47 Å². The van der Waals surface area contributed by atoms with Gasteiger partial charge in [-0.25, -0.2) is 4.98 Å². The fourth-order valence-corrected chi connectivity index (χ4v) is 2.79. The Morgan fingerprint density at radius 1 is 1.00 bits per heavy atom. The molecule has 4 nitrogen and oxygen atoms in total. The molecule has 0 saturated heterocycles. The first-order valence-corrected chi connectivity index (χ1v) is 8.33. The Morgan fingerprint density at radius 2 is 1.78 bits per heavy atom. The molecule has 0 aliphatic heterocycles. The molecule has 0 spiro atoms. The number of aromatic nitrogens is 2. The number of benzene rings is 2. The number of para-hydroxylation sites is 1. The third-order valence-electron chi connectivity index (χ3n) is 3.36. The summed E-state index contributed by atoms with van der Waals surface area (Å²) >= 11 is 3.53. The normalized spacial score (nSPS) is 10.7. The lowest BCUT2D eigenvalue weighted by Gasteiger charge is -2.12. The number of nitrogens with zero attached hydrogens (tertiary/aromatic N) is 2. The highest BCUT2D eigenvalue weighted by Gasteiger charge is 2.10. The van der Waals surface area contributed by atoms with Gasteiger partial charge in [-0.3, -0.25) is 4.98 Å². The van der Waals surface area contributed by atoms with E-state index >= 15 is 0 Å². The summed E-state index contributed by atoms with van der Waals surface area (Å²) in [6.07, 6.45) is 1.78. The topological polar surface area (TPSA) is 44.2 Å². The average molecular weight is 373 g/mol. The van der Waals surface area contributed by atoms with Crippen LogP contribution in [0.1, 0.15) is 13.8 Å². The molecule has 3 rings (SSSR count). The maximum Gasteiger partial charge on any atom is 0.161 e. The van der Waals surface area contributed by atoms with Crippen LogP contribution in [0, 0.1) is 0 Å². The van der Waals surface area contributed by atoms with Crippen LogP contribution in [0.25, 0.3) is 22.3 Å². The van der Waals surface area contributed by atoms with Crippen molar-refractivity contribution in [1.82, 2.24) is 9.97 Å². The van der Waals surface area contributed by atoms with Gasteiger partial charge in [0.25, 0.3) is 0 Å². The molecule has 0 bridgehead atoms. The highest BCUT2D eigenvalue weighted by Crippen LogP contribution is 2.33. The quantitative estimate of drug-likeness (QED) is 0.641. The van der Waals surface area contributed by atoms with Crippen molar-refractivity contribution in [3.63, 3.8) is 0 Å². The largest absolute Gasteiger partial charge is 0.490 e. The van der Waals surface area contributed by atoms with Gasteiger partial charge < -0.3 is 9.47 Å². The molecule has 5 heteroatoms. The molecule has 0 amide bonds. The summed E-state index contributed by atoms with van der Waals surface area (Å²) in [5, 5.41) is 0. The lowest BCUT2D eigenvalue weighted by Crippen LogP contribution is -1.99. The predicted molar refractivity (Wildman–Crippen MR) is 95.0 cm³/mol. The van der Waals surface area contributed by atoms with Gasteiger partial charge in [-0.2, -0.15) is 0 Å². The van der Waals surface area contributed by atoms with Crippen LogP contribution in [-0.4, -0.2) is 23.2 Å². The van der Waals surface area contributed by atoms with Crippen molar-refractivity contribution in [3.8, 4) is 22.8 Å². The molecule has 118 valence electrons. The molecule has 0 aliphatic carbocycles. The Balaban J connectivity index is 2.07. The van der Waals surface area contributed by atoms with E-state index in [2.05, 4.69) is 20.9 Å². The van der Waals surface area contributed by atoms with Crippen molar-refractivity contribution >= 4 is 27.0 Å². The number of fused-ring (bicyclic) bond motifs is 1. The molecular weight excluding hydrogens is 356 g/mol. The Labute approximate surface area is 143 Å². The minimum atomic E-state index is 0.582. The Bertz CT molecular complexity index is 836. The zero-order chi connectivity index (χ0) is 16.2. The van der Waals surface area contributed by atoms with E-state index < -0.39 is 0 Å². The highest BCUT2D eigenvalue weighted by atomic mass is 79.9. The minimum Gasteiger partial charge on any atom is -0.490 e. The second-order valence-electron chi connectivity index (χ2n) is 4.89. The standard InChI is InChI=1S/C18H17BrN2O2/c1-3-22-16-9-8-12(10-17(16)23-4-2)15-11-20-14-7-5-6-13(19)18(14)21-15/h5-11H,3-4H2,1-2H3. The molecule has 0 fully saturated rings. The van der Waals surface area contributed by atoms with Gasteiger partial charge in [-0.05, 0) is 60.1 Å². The van der Waals surface area contributed by atoms with Gasteiger partial charge in [-0.15, -0.1) is 0 Å². The first-order valence-electron chi connectivity index (χ1n) is 7.54. The van der Waals surface area contributed by atoms with Gasteiger partial charge in [0.15, 0.2) is 11.5 Å². The molecule has 0 N–H and O–H groups in total. The molecular formula is C18H17BrN2O2. The summed E-state index contributed by atoms with van der Waals surface area (Å²) in [5.41, 5.74) is 3.45. The third-order valence-corrected chi connectivity index (χ3v) is 4.00. The van der Waals surface area contributed by atoms with E-state index in [9.17, 15) is 0 Å². The maximum atomic E-state index is 5.68. The van der Waals surface area contributed by atoms with Gasteiger partial charge in [-0.1, -0.05) is 6.07 Å². The molecule has 2 aromatic carbocycles. The first-order chi connectivity index (χ1) is 11.2. The van der Waals surface area contributed by atoms with E-state index in [4.69, 9.17) is 14.5 Å². The van der Waals surface area contributed by atoms with Crippen LogP contribution in [0.5, 0.6) is 11.5 Å². The van der Waals surface area contributed by atoms with Crippen LogP contribution >= 0.6 is 15.9 Å². The van der Waals surface area contributed by atoms with E-state index in [0.29, 0.717) is 13.2 Å². The van der Waals surface area contributed by atoms with Crippen molar-refractivity contribution in [2.45, 2.75) is 13.8 Å². The SMILES string of the molecule is CCOc1ccc(-c2cnc3cccc(Br)c3n2)cc1OCC. The van der Waals surface area contributed by atoms with Gasteiger partial charge in [0.05, 0.1) is 30.6 Å². The number of halogens is 1. The zero-order valence-corrected chi connectivity index (χ0v) is 14.6. The van der Waals surface area contributed by atoms with Crippen molar-refractivity contribution in [3.05, 3.63) is 47.1 Å². The summed E-state index contributed by atoms with van der Waals surface area (Å²) in [4.78, 5) is 9.20. The predicted octanol–water partition coefficient (Wildman–Crippen LogP) is 4.86. The summed E-state index contributed by atoms with van der Waals surface area (Å²) in [7, 11) is 0. The van der Waals surface area contributed by atoms with E-state index in [1.807, 2.05) is 50.2 Å². The average Bonchev–Trinajstić information content (AvgIpc) is 2.57. The van der Waals surface area contributed by atoms with Crippen molar-refractivity contribution < 1.29 is 9.47 Å². The molecule has 0 saturated carbocycles. The summed E-state index contributed by atoms with van der Waals surface area (Å²) in [6, 6.07) is 11.7. The van der Waals surface area contributed by atoms with Crippen LogP contribution in [0.15, 0.2) is 47.1 Å². The second kappa shape index (κ2) is 6.96. The molecule has 0 atom stereocenters. The van der Waals surface area contributed by atoms with Crippen molar-refractivity contribution in [2.24, 2.45) is 0 Å². The Kier molecular flexibility index (Phi) is 4.76. The van der Waals surface area contributed by atoms with Crippen LogP contribution in [0.4, 0.5) is 0 Å². The highest BCUT2D eigenvalue weighted by molar-refractivity contribution is 9.10. The molecule has 1 aromatic heterocycles.